The molecule has 0 aromatic heterocycles. The number of sulfonamides is 1. The molecule has 9 heteroatoms. The molecule has 2 aromatic rings. The standard InChI is InChI=1S/C19H19FN2O5S/c1-28(25,26)22-11-14-7-3-2-6-13(14)10-17(22)19(24)27-12-18(23)21-16-9-5-4-8-15(16)20/h2-9,17H,10-12H2,1H3,(H,21,23)/t17-/m0/s1. The molecule has 1 amide bonds. The molecule has 0 saturated heterocycles. The van der Waals surface area contributed by atoms with Crippen LogP contribution in [0.4, 0.5) is 10.1 Å². The molecule has 1 N–H and O–H groups in total. The summed E-state index contributed by atoms with van der Waals surface area (Å²) in [5.74, 6) is -2.17. The Morgan fingerprint density at radius 2 is 1.79 bits per heavy atom. The maximum Gasteiger partial charge on any atom is 0.325 e. The Hall–Kier alpha value is -2.78. The Bertz CT molecular complexity index is 1010. The number of esters is 1. The van der Waals surface area contributed by atoms with E-state index in [0.717, 1.165) is 21.7 Å². The van der Waals surface area contributed by atoms with Crippen molar-refractivity contribution in [2.24, 2.45) is 0 Å². The molecule has 3 rings (SSSR count). The van der Waals surface area contributed by atoms with Gasteiger partial charge in [-0.1, -0.05) is 36.4 Å². The summed E-state index contributed by atoms with van der Waals surface area (Å²) in [5, 5.41) is 2.30. The van der Waals surface area contributed by atoms with Gasteiger partial charge in [0.15, 0.2) is 6.61 Å². The lowest BCUT2D eigenvalue weighted by atomic mass is 9.96. The van der Waals surface area contributed by atoms with E-state index in [1.54, 1.807) is 24.3 Å². The summed E-state index contributed by atoms with van der Waals surface area (Å²) >= 11 is 0. The molecule has 7 nitrogen and oxygen atoms in total. The number of ether oxygens (including phenoxy) is 1. The van der Waals surface area contributed by atoms with Crippen molar-refractivity contribution in [1.82, 2.24) is 4.31 Å². The number of rotatable bonds is 5. The van der Waals surface area contributed by atoms with Crippen LogP contribution in [0.25, 0.3) is 0 Å². The van der Waals surface area contributed by atoms with Gasteiger partial charge in [-0.2, -0.15) is 4.31 Å². The van der Waals surface area contributed by atoms with Crippen LogP contribution in [0.3, 0.4) is 0 Å². The van der Waals surface area contributed by atoms with Crippen molar-refractivity contribution in [2.45, 2.75) is 19.0 Å². The molecule has 0 fully saturated rings. The minimum atomic E-state index is -3.67. The van der Waals surface area contributed by atoms with Gasteiger partial charge in [0, 0.05) is 13.0 Å². The van der Waals surface area contributed by atoms with Gasteiger partial charge >= 0.3 is 5.97 Å². The Morgan fingerprint density at radius 3 is 2.46 bits per heavy atom. The fourth-order valence-corrected chi connectivity index (χ4v) is 4.03. The third kappa shape index (κ3) is 4.55. The molecule has 0 saturated carbocycles. The molecular formula is C19H19FN2O5S. The number of benzene rings is 2. The first-order valence-electron chi connectivity index (χ1n) is 8.50. The Morgan fingerprint density at radius 1 is 1.14 bits per heavy atom. The SMILES string of the molecule is CS(=O)(=O)N1Cc2ccccc2C[C@H]1C(=O)OCC(=O)Nc1ccccc1F. The first kappa shape index (κ1) is 20.0. The summed E-state index contributed by atoms with van der Waals surface area (Å²) in [6.45, 7) is -0.598. The van der Waals surface area contributed by atoms with Gasteiger partial charge in [0.1, 0.15) is 11.9 Å². The molecule has 0 bridgehead atoms. The van der Waals surface area contributed by atoms with Crippen molar-refractivity contribution in [3.63, 3.8) is 0 Å². The Kier molecular flexibility index (Phi) is 5.76. The molecule has 1 atom stereocenters. The van der Waals surface area contributed by atoms with Gasteiger partial charge in [-0.3, -0.25) is 9.59 Å². The number of hydrogen-bond acceptors (Lipinski definition) is 5. The topological polar surface area (TPSA) is 92.8 Å². The number of nitrogens with one attached hydrogen (secondary N) is 1. The fourth-order valence-electron chi connectivity index (χ4n) is 3.03. The van der Waals surface area contributed by atoms with Gasteiger partial charge in [-0.15, -0.1) is 0 Å². The number of nitrogens with zero attached hydrogens (tertiary/aromatic N) is 1. The maximum absolute atomic E-state index is 13.6. The highest BCUT2D eigenvalue weighted by atomic mass is 32.2. The van der Waals surface area contributed by atoms with Gasteiger partial charge in [0.05, 0.1) is 11.9 Å². The summed E-state index contributed by atoms with van der Waals surface area (Å²) in [7, 11) is -3.67. The van der Waals surface area contributed by atoms with Gasteiger partial charge < -0.3 is 10.1 Å². The first-order chi connectivity index (χ1) is 13.3. The molecule has 1 heterocycles. The molecule has 2 aromatic carbocycles. The lowest BCUT2D eigenvalue weighted by Crippen LogP contribution is -2.49. The number of hydrogen-bond donors (Lipinski definition) is 1. The van der Waals surface area contributed by atoms with Gasteiger partial charge in [-0.05, 0) is 23.3 Å². The number of halogens is 1. The summed E-state index contributed by atoms with van der Waals surface area (Å²) < 4.78 is 43.9. The molecule has 1 aliphatic heterocycles. The van der Waals surface area contributed by atoms with Crippen LogP contribution in [0.15, 0.2) is 48.5 Å². The van der Waals surface area contributed by atoms with Gasteiger partial charge in [0.2, 0.25) is 10.0 Å². The highest BCUT2D eigenvalue weighted by Crippen LogP contribution is 2.26. The monoisotopic (exact) mass is 406 g/mol. The predicted molar refractivity (Wildman–Crippen MR) is 100 cm³/mol. The van der Waals surface area contributed by atoms with Crippen molar-refractivity contribution in [3.05, 3.63) is 65.5 Å². The Balaban J connectivity index is 1.68. The summed E-state index contributed by atoms with van der Waals surface area (Å²) in [4.78, 5) is 24.4. The average Bonchev–Trinajstić information content (AvgIpc) is 2.66. The highest BCUT2D eigenvalue weighted by molar-refractivity contribution is 7.88. The van der Waals surface area contributed by atoms with E-state index in [0.29, 0.717) is 0 Å². The van der Waals surface area contributed by atoms with Crippen molar-refractivity contribution >= 4 is 27.6 Å². The quantitative estimate of drug-likeness (QED) is 0.763. The van der Waals surface area contributed by atoms with Crippen LogP contribution < -0.4 is 5.32 Å². The third-order valence-electron chi connectivity index (χ3n) is 4.40. The molecule has 148 valence electrons. The van der Waals surface area contributed by atoms with Crippen LogP contribution in [0.1, 0.15) is 11.1 Å². The maximum atomic E-state index is 13.6. The predicted octanol–water partition coefficient (Wildman–Crippen LogP) is 1.69. The first-order valence-corrected chi connectivity index (χ1v) is 10.3. The summed E-state index contributed by atoms with van der Waals surface area (Å²) in [5.41, 5.74) is 1.63. The number of amides is 1. The van der Waals surface area contributed by atoms with Crippen LogP contribution in [-0.4, -0.2) is 43.5 Å². The van der Waals surface area contributed by atoms with Crippen LogP contribution in [0.5, 0.6) is 0 Å². The van der Waals surface area contributed by atoms with E-state index in [1.807, 2.05) is 6.07 Å². The van der Waals surface area contributed by atoms with E-state index in [2.05, 4.69) is 5.32 Å². The zero-order valence-electron chi connectivity index (χ0n) is 15.1. The molecule has 0 radical (unpaired) electrons. The molecule has 0 spiro atoms. The second-order valence-electron chi connectivity index (χ2n) is 6.43. The second-order valence-corrected chi connectivity index (χ2v) is 8.37. The minimum absolute atomic E-state index is 0.0343. The zero-order chi connectivity index (χ0) is 20.3. The number of carbonyl (C=O) groups is 2. The number of anilines is 1. The summed E-state index contributed by atoms with van der Waals surface area (Å²) in [6, 6.07) is 11.7. The van der Waals surface area contributed by atoms with Crippen molar-refractivity contribution in [1.29, 1.82) is 0 Å². The van der Waals surface area contributed by atoms with E-state index in [-0.39, 0.29) is 18.7 Å². The average molecular weight is 406 g/mol. The largest absolute Gasteiger partial charge is 0.454 e. The van der Waals surface area contributed by atoms with Crippen molar-refractivity contribution in [2.75, 3.05) is 18.2 Å². The van der Waals surface area contributed by atoms with Crippen LogP contribution in [0, 0.1) is 5.82 Å². The molecule has 28 heavy (non-hydrogen) atoms. The smallest absolute Gasteiger partial charge is 0.325 e. The van der Waals surface area contributed by atoms with E-state index < -0.39 is 40.4 Å². The van der Waals surface area contributed by atoms with Crippen LogP contribution >= 0.6 is 0 Å². The highest BCUT2D eigenvalue weighted by Gasteiger charge is 2.38. The zero-order valence-corrected chi connectivity index (χ0v) is 15.9. The van der Waals surface area contributed by atoms with E-state index in [4.69, 9.17) is 4.74 Å². The van der Waals surface area contributed by atoms with E-state index in [1.165, 1.54) is 18.2 Å². The molecule has 0 aliphatic carbocycles. The third-order valence-corrected chi connectivity index (χ3v) is 5.63. The Labute approximate surface area is 162 Å². The molecule has 1 aliphatic rings. The van der Waals surface area contributed by atoms with Crippen LogP contribution in [-0.2, 0) is 37.3 Å². The lowest BCUT2D eigenvalue weighted by Gasteiger charge is -2.33. The van der Waals surface area contributed by atoms with E-state index in [9.17, 15) is 22.4 Å². The van der Waals surface area contributed by atoms with Gasteiger partial charge in [-0.25, -0.2) is 12.8 Å². The number of fused-ring (bicyclic) bond motifs is 1. The van der Waals surface area contributed by atoms with E-state index >= 15 is 0 Å². The minimum Gasteiger partial charge on any atom is -0.454 e. The number of para-hydroxylation sites is 1. The number of carbonyl (C=O) groups excluding carboxylic acids is 2. The van der Waals surface area contributed by atoms with Crippen molar-refractivity contribution < 1.29 is 27.1 Å². The molecule has 0 unspecified atom stereocenters. The second kappa shape index (κ2) is 8.07. The van der Waals surface area contributed by atoms with Crippen molar-refractivity contribution in [3.8, 4) is 0 Å². The lowest BCUT2D eigenvalue weighted by molar-refractivity contribution is -0.151. The fraction of sp³-hybridized carbons (Fsp3) is 0.263. The molecular weight excluding hydrogens is 387 g/mol. The normalized spacial score (nSPS) is 16.9. The van der Waals surface area contributed by atoms with Crippen LogP contribution in [0.2, 0.25) is 0 Å². The van der Waals surface area contributed by atoms with Gasteiger partial charge in [0.25, 0.3) is 5.91 Å². The summed E-state index contributed by atoms with van der Waals surface area (Å²) in [6.07, 6.45) is 1.17.